The minimum atomic E-state index is 1.18. The van der Waals surface area contributed by atoms with E-state index in [0.29, 0.717) is 0 Å². The van der Waals surface area contributed by atoms with Gasteiger partial charge in [-0.05, 0) is 67.2 Å². The molecule has 2 aliphatic carbocycles. The number of aryl methyl sites for hydroxylation is 2. The van der Waals surface area contributed by atoms with Crippen LogP contribution in [0.25, 0.3) is 0 Å². The molecule has 2 aliphatic rings. The summed E-state index contributed by atoms with van der Waals surface area (Å²) in [5.74, 6) is 0. The molecular formula is C13H15NS. The van der Waals surface area contributed by atoms with E-state index in [9.17, 15) is 0 Å². The summed E-state index contributed by atoms with van der Waals surface area (Å²) in [6.07, 6.45) is 8.79. The van der Waals surface area contributed by atoms with E-state index in [-0.39, 0.29) is 0 Å². The van der Waals surface area contributed by atoms with Gasteiger partial charge in [-0.15, -0.1) is 0 Å². The van der Waals surface area contributed by atoms with Crippen molar-refractivity contribution in [3.63, 3.8) is 0 Å². The van der Waals surface area contributed by atoms with Crippen LogP contribution in [0.15, 0.2) is 10.4 Å². The Labute approximate surface area is 96.1 Å². The third-order valence-electron chi connectivity index (χ3n) is 3.78. The van der Waals surface area contributed by atoms with Gasteiger partial charge in [-0.3, -0.25) is 0 Å². The van der Waals surface area contributed by atoms with Crippen LogP contribution < -0.4 is 0 Å². The van der Waals surface area contributed by atoms with Gasteiger partial charge >= 0.3 is 0 Å². The molecule has 0 saturated carbocycles. The Morgan fingerprint density at radius 1 is 0.867 bits per heavy atom. The van der Waals surface area contributed by atoms with E-state index in [2.05, 4.69) is 10.4 Å². The minimum absolute atomic E-state index is 1.18. The van der Waals surface area contributed by atoms with Gasteiger partial charge in [0, 0.05) is 12.4 Å². The molecule has 1 aromatic carbocycles. The fourth-order valence-electron chi connectivity index (χ4n) is 3.06. The summed E-state index contributed by atoms with van der Waals surface area (Å²) in [6.45, 7) is 0. The van der Waals surface area contributed by atoms with Gasteiger partial charge in [0.15, 0.2) is 0 Å². The first-order valence-electron chi connectivity index (χ1n) is 5.90. The molecule has 3 rings (SSSR count). The number of benzene rings is 1. The minimum Gasteiger partial charge on any atom is -0.181 e. The quantitative estimate of drug-likeness (QED) is 0.702. The molecule has 0 saturated heterocycles. The highest BCUT2D eigenvalue weighted by Gasteiger charge is 2.22. The molecule has 0 N–H and O–H groups in total. The number of hydrogen-bond acceptors (Lipinski definition) is 2. The number of hydrogen-bond donors (Lipinski definition) is 0. The van der Waals surface area contributed by atoms with Crippen LogP contribution in [0.5, 0.6) is 0 Å². The Hall–Kier alpha value is -0.760. The van der Waals surface area contributed by atoms with Crippen LogP contribution in [0.4, 0.5) is 5.69 Å². The van der Waals surface area contributed by atoms with Gasteiger partial charge < -0.3 is 0 Å². The first kappa shape index (κ1) is 9.46. The van der Waals surface area contributed by atoms with Crippen LogP contribution in [0.2, 0.25) is 0 Å². The second-order valence-electron chi connectivity index (χ2n) is 4.65. The smallest absolute Gasteiger partial charge is 0.0838 e. The molecule has 0 aliphatic heterocycles. The zero-order valence-corrected chi connectivity index (χ0v) is 9.70. The van der Waals surface area contributed by atoms with Crippen LogP contribution in [0, 0.1) is 0 Å². The first-order chi connectivity index (χ1) is 7.40. The Balaban J connectivity index is 2.24. The Bertz CT molecular complexity index is 423. The van der Waals surface area contributed by atoms with E-state index in [1.165, 1.54) is 72.9 Å². The van der Waals surface area contributed by atoms with Crippen LogP contribution in [-0.2, 0) is 38.1 Å². The molecule has 0 heterocycles. The largest absolute Gasteiger partial charge is 0.181 e. The second-order valence-corrected chi connectivity index (χ2v) is 4.84. The summed E-state index contributed by atoms with van der Waals surface area (Å²) < 4.78 is 4.14. The maximum absolute atomic E-state index is 4.97. The van der Waals surface area contributed by atoms with Gasteiger partial charge in [-0.2, -0.15) is 4.36 Å². The predicted octanol–water partition coefficient (Wildman–Crippen LogP) is 3.42. The van der Waals surface area contributed by atoms with Crippen LogP contribution in [0.3, 0.4) is 0 Å². The van der Waals surface area contributed by atoms with Crippen molar-refractivity contribution in [1.29, 1.82) is 0 Å². The molecule has 0 amide bonds. The second kappa shape index (κ2) is 3.67. The van der Waals surface area contributed by atoms with E-state index in [1.807, 2.05) is 0 Å². The molecule has 2 heteroatoms. The summed E-state index contributed by atoms with van der Waals surface area (Å²) >= 11 is 4.97. The summed E-state index contributed by atoms with van der Waals surface area (Å²) in [7, 11) is 0. The molecule has 0 spiro atoms. The fraction of sp³-hybridized carbons (Fsp3) is 0.538. The number of nitrogens with zero attached hydrogens (tertiary/aromatic N) is 1. The van der Waals surface area contributed by atoms with Gasteiger partial charge in [0.25, 0.3) is 0 Å². The topological polar surface area (TPSA) is 12.4 Å². The van der Waals surface area contributed by atoms with Crippen LogP contribution in [0.1, 0.15) is 41.5 Å². The highest BCUT2D eigenvalue weighted by molar-refractivity contribution is 7.47. The van der Waals surface area contributed by atoms with Crippen LogP contribution >= 0.6 is 0 Å². The lowest BCUT2D eigenvalue weighted by Gasteiger charge is -2.19. The molecule has 0 atom stereocenters. The van der Waals surface area contributed by atoms with Gasteiger partial charge in [-0.25, -0.2) is 0 Å². The van der Waals surface area contributed by atoms with E-state index >= 15 is 0 Å². The van der Waals surface area contributed by atoms with Gasteiger partial charge in [0.2, 0.25) is 0 Å². The third-order valence-corrected chi connectivity index (χ3v) is 3.97. The van der Waals surface area contributed by atoms with Crippen molar-refractivity contribution in [1.82, 2.24) is 0 Å². The number of fused-ring (bicyclic) bond motifs is 2. The van der Waals surface area contributed by atoms with Crippen molar-refractivity contribution < 1.29 is 0 Å². The summed E-state index contributed by atoms with van der Waals surface area (Å²) in [5.41, 5.74) is 7.17. The summed E-state index contributed by atoms with van der Waals surface area (Å²) in [5, 5.41) is 0. The van der Waals surface area contributed by atoms with E-state index in [1.54, 1.807) is 0 Å². The molecule has 15 heavy (non-hydrogen) atoms. The molecular weight excluding hydrogens is 202 g/mol. The lowest BCUT2D eigenvalue weighted by atomic mass is 9.87. The molecule has 0 radical (unpaired) electrons. The maximum atomic E-state index is 4.97. The van der Waals surface area contributed by atoms with Crippen molar-refractivity contribution in [2.45, 2.75) is 44.9 Å². The summed E-state index contributed by atoms with van der Waals surface area (Å²) in [6, 6.07) is 2.43. The first-order valence-corrected chi connectivity index (χ1v) is 6.26. The molecule has 1 nitrogen and oxygen atoms in total. The Morgan fingerprint density at radius 3 is 2.20 bits per heavy atom. The highest BCUT2D eigenvalue weighted by atomic mass is 32.1. The average Bonchev–Trinajstić information content (AvgIpc) is 2.73. The maximum Gasteiger partial charge on any atom is 0.0838 e. The van der Waals surface area contributed by atoms with Crippen molar-refractivity contribution in [2.75, 3.05) is 0 Å². The molecule has 0 bridgehead atoms. The van der Waals surface area contributed by atoms with Gasteiger partial charge in [0.05, 0.1) is 5.69 Å². The molecule has 78 valence electrons. The van der Waals surface area contributed by atoms with E-state index < -0.39 is 0 Å². The zero-order valence-electron chi connectivity index (χ0n) is 8.88. The molecule has 0 aromatic heterocycles. The lowest BCUT2D eigenvalue weighted by Crippen LogP contribution is -2.05. The number of rotatable bonds is 1. The van der Waals surface area contributed by atoms with Crippen molar-refractivity contribution in [3.05, 3.63) is 28.3 Å². The van der Waals surface area contributed by atoms with Crippen molar-refractivity contribution in [2.24, 2.45) is 4.36 Å². The van der Waals surface area contributed by atoms with Gasteiger partial charge in [0.1, 0.15) is 0 Å². The average molecular weight is 217 g/mol. The third kappa shape index (κ3) is 1.43. The van der Waals surface area contributed by atoms with E-state index in [0.717, 1.165) is 0 Å². The SMILES string of the molecule is S=Nc1c2c(cc3c1CCC3)CCCC2. The molecule has 0 unspecified atom stereocenters. The molecule has 0 fully saturated rings. The molecule has 1 aromatic rings. The van der Waals surface area contributed by atoms with Crippen LogP contribution in [-0.4, -0.2) is 0 Å². The fourth-order valence-corrected chi connectivity index (χ4v) is 3.28. The monoisotopic (exact) mass is 217 g/mol. The Morgan fingerprint density at radius 2 is 1.47 bits per heavy atom. The van der Waals surface area contributed by atoms with Gasteiger partial charge in [-0.1, -0.05) is 6.07 Å². The lowest BCUT2D eigenvalue weighted by molar-refractivity contribution is 0.685. The van der Waals surface area contributed by atoms with Crippen molar-refractivity contribution >= 4 is 18.1 Å². The normalized spacial score (nSPS) is 18.4. The van der Waals surface area contributed by atoms with E-state index in [4.69, 9.17) is 12.4 Å². The van der Waals surface area contributed by atoms with Crippen molar-refractivity contribution in [3.8, 4) is 0 Å². The summed E-state index contributed by atoms with van der Waals surface area (Å²) in [4.78, 5) is 0. The zero-order chi connectivity index (χ0) is 10.3. The predicted molar refractivity (Wildman–Crippen MR) is 64.6 cm³/mol. The Kier molecular flexibility index (Phi) is 2.32. The highest BCUT2D eigenvalue weighted by Crippen LogP contribution is 2.39. The standard InChI is InChI=1S/C13H15NS/c15-14-13-11-6-2-1-4-9(11)8-10-5-3-7-12(10)13/h8H,1-7H2.